The van der Waals surface area contributed by atoms with E-state index in [0.29, 0.717) is 17.4 Å². The number of rotatable bonds is 7. The van der Waals surface area contributed by atoms with Crippen LogP contribution >= 0.6 is 0 Å². The van der Waals surface area contributed by atoms with E-state index in [-0.39, 0.29) is 16.8 Å². The highest BCUT2D eigenvalue weighted by Crippen LogP contribution is 2.35. The van der Waals surface area contributed by atoms with Crippen LogP contribution in [0.4, 0.5) is 10.2 Å². The van der Waals surface area contributed by atoms with Gasteiger partial charge in [-0.1, -0.05) is 54.6 Å². The van der Waals surface area contributed by atoms with Crippen LogP contribution in [0, 0.1) is 17.1 Å². The summed E-state index contributed by atoms with van der Waals surface area (Å²) in [5.74, 6) is -0.617. The number of fused-ring (bicyclic) bond motifs is 1. The molecule has 1 fully saturated rings. The average Bonchev–Trinajstić information content (AvgIpc) is 3.02. The number of anilines is 1. The van der Waals surface area contributed by atoms with Crippen LogP contribution in [0.5, 0.6) is 0 Å². The number of nitrogens with zero attached hydrogens (tertiary/aromatic N) is 5. The Morgan fingerprint density at radius 3 is 2.48 bits per heavy atom. The number of halogens is 1. The zero-order valence-electron chi connectivity index (χ0n) is 22.8. The predicted molar refractivity (Wildman–Crippen MR) is 160 cm³/mol. The first-order valence-electron chi connectivity index (χ1n) is 13.8. The summed E-state index contributed by atoms with van der Waals surface area (Å²) in [5.41, 5.74) is 10.2. The minimum absolute atomic E-state index is 0.151. The number of hydrogen-bond donors (Lipinski definition) is 2. The number of carbonyl (C=O) groups excluding carboxylic acids is 1. The Morgan fingerprint density at radius 2 is 1.76 bits per heavy atom. The smallest absolute Gasteiger partial charge is 0.251 e. The van der Waals surface area contributed by atoms with E-state index in [9.17, 15) is 4.79 Å². The van der Waals surface area contributed by atoms with Crippen LogP contribution in [0.1, 0.15) is 34.6 Å². The molecule has 3 heterocycles. The van der Waals surface area contributed by atoms with Gasteiger partial charge < -0.3 is 11.1 Å². The van der Waals surface area contributed by atoms with E-state index in [1.54, 1.807) is 24.4 Å². The molecule has 6 rings (SSSR count). The summed E-state index contributed by atoms with van der Waals surface area (Å²) >= 11 is 0. The molecule has 5 aromatic rings. The highest BCUT2D eigenvalue weighted by atomic mass is 19.1. The SMILES string of the molecule is N#Cc1nccc(NC2CCN(Cc3ccc(-c4nc5ccc(C(N)=O)c(F)c5cc4-c4ccccc4)cc3)CC2)n1. The molecule has 0 bridgehead atoms. The minimum Gasteiger partial charge on any atom is -0.367 e. The summed E-state index contributed by atoms with van der Waals surface area (Å²) in [5, 5.41) is 12.7. The van der Waals surface area contributed by atoms with Gasteiger partial charge in [-0.2, -0.15) is 5.26 Å². The summed E-state index contributed by atoms with van der Waals surface area (Å²) in [4.78, 5) is 27.2. The first-order chi connectivity index (χ1) is 20.5. The number of pyridine rings is 1. The number of piperidine rings is 1. The summed E-state index contributed by atoms with van der Waals surface area (Å²) in [6, 6.07) is 26.9. The fourth-order valence-corrected chi connectivity index (χ4v) is 5.42. The van der Waals surface area contributed by atoms with Crippen LogP contribution in [-0.2, 0) is 6.54 Å². The quantitative estimate of drug-likeness (QED) is 0.269. The number of benzene rings is 3. The van der Waals surface area contributed by atoms with Crippen LogP contribution in [-0.4, -0.2) is 44.9 Å². The van der Waals surface area contributed by atoms with E-state index in [1.807, 2.05) is 36.4 Å². The van der Waals surface area contributed by atoms with Gasteiger partial charge in [-0.05, 0) is 48.2 Å². The highest BCUT2D eigenvalue weighted by molar-refractivity contribution is 5.99. The number of carbonyl (C=O) groups is 1. The molecule has 8 nitrogen and oxygen atoms in total. The molecule has 0 spiro atoms. The zero-order chi connectivity index (χ0) is 29.1. The van der Waals surface area contributed by atoms with Crippen molar-refractivity contribution in [1.82, 2.24) is 19.9 Å². The molecule has 3 N–H and O–H groups in total. The average molecular weight is 558 g/mol. The molecule has 9 heteroatoms. The van der Waals surface area contributed by atoms with Gasteiger partial charge in [-0.3, -0.25) is 9.69 Å². The molecule has 0 radical (unpaired) electrons. The number of aromatic nitrogens is 3. The zero-order valence-corrected chi connectivity index (χ0v) is 22.8. The molecular weight excluding hydrogens is 529 g/mol. The van der Waals surface area contributed by atoms with E-state index in [2.05, 4.69) is 44.5 Å². The molecule has 1 saturated heterocycles. The molecule has 208 valence electrons. The fourth-order valence-electron chi connectivity index (χ4n) is 5.42. The Balaban J connectivity index is 1.20. The van der Waals surface area contributed by atoms with E-state index >= 15 is 4.39 Å². The summed E-state index contributed by atoms with van der Waals surface area (Å²) in [7, 11) is 0. The van der Waals surface area contributed by atoms with Crippen molar-refractivity contribution in [2.45, 2.75) is 25.4 Å². The van der Waals surface area contributed by atoms with Crippen molar-refractivity contribution in [1.29, 1.82) is 5.26 Å². The Morgan fingerprint density at radius 1 is 1.00 bits per heavy atom. The largest absolute Gasteiger partial charge is 0.367 e. The third kappa shape index (κ3) is 5.66. The molecule has 0 atom stereocenters. The molecular formula is C33H28FN7O. The van der Waals surface area contributed by atoms with Crippen molar-refractivity contribution >= 4 is 22.6 Å². The van der Waals surface area contributed by atoms with Gasteiger partial charge in [-0.15, -0.1) is 0 Å². The number of nitriles is 1. The monoisotopic (exact) mass is 557 g/mol. The standard InChI is InChI=1S/C33H28FN7O/c34-31-25(33(36)42)10-11-28-27(31)18-26(22-4-2-1-3-5-22)32(39-28)23-8-6-21(7-9-23)20-41-16-13-24(14-17-41)38-29-12-15-37-30(19-35)40-29/h1-12,15,18,24H,13-14,16-17,20H2,(H2,36,42)(H,37,38,40). The lowest BCUT2D eigenvalue weighted by Gasteiger charge is -2.32. The molecule has 1 aliphatic rings. The van der Waals surface area contributed by atoms with Crippen LogP contribution in [0.25, 0.3) is 33.3 Å². The third-order valence-corrected chi connectivity index (χ3v) is 7.61. The van der Waals surface area contributed by atoms with Crippen molar-refractivity contribution in [2.24, 2.45) is 5.73 Å². The Hall–Kier alpha value is -5.20. The number of hydrogen-bond acceptors (Lipinski definition) is 7. The number of likely N-dealkylation sites (tertiary alicyclic amines) is 1. The highest BCUT2D eigenvalue weighted by Gasteiger charge is 2.21. The van der Waals surface area contributed by atoms with E-state index in [1.165, 1.54) is 11.6 Å². The first kappa shape index (κ1) is 27.0. The van der Waals surface area contributed by atoms with Crippen molar-refractivity contribution in [3.8, 4) is 28.5 Å². The minimum atomic E-state index is -0.809. The van der Waals surface area contributed by atoms with Crippen molar-refractivity contribution < 1.29 is 9.18 Å². The topological polar surface area (TPSA) is 121 Å². The molecule has 1 aliphatic heterocycles. The van der Waals surface area contributed by atoms with Crippen LogP contribution in [0.3, 0.4) is 0 Å². The normalized spacial score (nSPS) is 14.0. The van der Waals surface area contributed by atoms with Crippen molar-refractivity contribution in [3.05, 3.63) is 108 Å². The van der Waals surface area contributed by atoms with E-state index in [4.69, 9.17) is 16.0 Å². The first-order valence-corrected chi connectivity index (χ1v) is 13.8. The number of nitrogens with two attached hydrogens (primary N) is 1. The van der Waals surface area contributed by atoms with Gasteiger partial charge in [0.1, 0.15) is 17.7 Å². The molecule has 0 saturated carbocycles. The van der Waals surface area contributed by atoms with E-state index < -0.39 is 11.7 Å². The summed E-state index contributed by atoms with van der Waals surface area (Å²) in [6.45, 7) is 2.72. The van der Waals surface area contributed by atoms with Gasteiger partial charge in [0.05, 0.1) is 16.8 Å². The summed E-state index contributed by atoms with van der Waals surface area (Å²) in [6.07, 6.45) is 3.54. The Bertz CT molecular complexity index is 1790. The molecule has 2 aromatic heterocycles. The van der Waals surface area contributed by atoms with Crippen LogP contribution in [0.15, 0.2) is 85.1 Å². The maximum atomic E-state index is 15.2. The second-order valence-electron chi connectivity index (χ2n) is 10.4. The predicted octanol–water partition coefficient (Wildman–Crippen LogP) is 5.54. The Labute approximate surface area is 242 Å². The van der Waals surface area contributed by atoms with Gasteiger partial charge >= 0.3 is 0 Å². The number of nitrogens with one attached hydrogen (secondary N) is 1. The Kier molecular flexibility index (Phi) is 7.54. The van der Waals surface area contributed by atoms with Gasteiger partial charge in [0.2, 0.25) is 5.82 Å². The second kappa shape index (κ2) is 11.7. The number of primary amides is 1. The number of amides is 1. The fraction of sp³-hybridized carbons (Fsp3) is 0.182. The van der Waals surface area contributed by atoms with Gasteiger partial charge in [0.15, 0.2) is 0 Å². The van der Waals surface area contributed by atoms with Gasteiger partial charge in [0, 0.05) is 48.4 Å². The van der Waals surface area contributed by atoms with Crippen molar-refractivity contribution in [3.63, 3.8) is 0 Å². The molecule has 0 unspecified atom stereocenters. The lowest BCUT2D eigenvalue weighted by atomic mass is 9.96. The van der Waals surface area contributed by atoms with Crippen LogP contribution < -0.4 is 11.1 Å². The second-order valence-corrected chi connectivity index (χ2v) is 10.4. The van der Waals surface area contributed by atoms with Gasteiger partial charge in [-0.25, -0.2) is 19.3 Å². The maximum Gasteiger partial charge on any atom is 0.251 e. The lowest BCUT2D eigenvalue weighted by Crippen LogP contribution is -2.38. The molecule has 42 heavy (non-hydrogen) atoms. The van der Waals surface area contributed by atoms with E-state index in [0.717, 1.165) is 54.9 Å². The molecule has 0 aliphatic carbocycles. The lowest BCUT2D eigenvalue weighted by molar-refractivity contribution is 0.0996. The molecule has 1 amide bonds. The van der Waals surface area contributed by atoms with Gasteiger partial charge in [0.25, 0.3) is 5.91 Å². The van der Waals surface area contributed by atoms with Crippen molar-refractivity contribution in [2.75, 3.05) is 18.4 Å². The summed E-state index contributed by atoms with van der Waals surface area (Å²) < 4.78 is 15.2. The molecule has 3 aromatic carbocycles. The third-order valence-electron chi connectivity index (χ3n) is 7.61. The maximum absolute atomic E-state index is 15.2. The van der Waals surface area contributed by atoms with Crippen LogP contribution in [0.2, 0.25) is 0 Å².